The van der Waals surface area contributed by atoms with E-state index in [1.54, 1.807) is 48.5 Å². The second-order valence-electron chi connectivity index (χ2n) is 6.32. The van der Waals surface area contributed by atoms with Crippen molar-refractivity contribution in [3.05, 3.63) is 102 Å². The summed E-state index contributed by atoms with van der Waals surface area (Å²) in [5, 5.41) is 10.0. The zero-order valence-electron chi connectivity index (χ0n) is 15.0. The highest BCUT2D eigenvalue weighted by molar-refractivity contribution is 7.90. The van der Waals surface area contributed by atoms with Crippen LogP contribution in [0.4, 0.5) is 0 Å². The fourth-order valence-electron chi connectivity index (χ4n) is 3.31. The van der Waals surface area contributed by atoms with Gasteiger partial charge in [0.05, 0.1) is 16.0 Å². The van der Waals surface area contributed by atoms with Gasteiger partial charge < -0.3 is 5.11 Å². The number of aromatic nitrogens is 1. The number of para-hydroxylation sites is 1. The highest BCUT2D eigenvalue weighted by Gasteiger charge is 2.33. The molecule has 0 unspecified atom stereocenters. The Balaban J connectivity index is 2.14. The van der Waals surface area contributed by atoms with Gasteiger partial charge in [0.15, 0.2) is 0 Å². The fraction of sp³-hybridized carbons (Fsp3) is 0. The maximum atomic E-state index is 13.5. The van der Waals surface area contributed by atoms with Gasteiger partial charge in [-0.1, -0.05) is 66.7 Å². The van der Waals surface area contributed by atoms with Crippen molar-refractivity contribution in [3.63, 3.8) is 0 Å². The Labute approximate surface area is 166 Å². The number of carboxylic acid groups (broad SMARTS) is 1. The second-order valence-corrected chi connectivity index (χ2v) is 8.11. The lowest BCUT2D eigenvalue weighted by Gasteiger charge is -2.12. The van der Waals surface area contributed by atoms with Crippen molar-refractivity contribution in [2.24, 2.45) is 0 Å². The minimum atomic E-state index is -4.23. The van der Waals surface area contributed by atoms with Gasteiger partial charge in [-0.2, -0.15) is 0 Å². The number of rotatable bonds is 5. The molecular formula is C22H15NO5S. The molecule has 1 aromatic heterocycles. The van der Waals surface area contributed by atoms with Gasteiger partial charge in [0.1, 0.15) is 5.69 Å². The van der Waals surface area contributed by atoms with Crippen LogP contribution in [0, 0.1) is 0 Å². The van der Waals surface area contributed by atoms with Gasteiger partial charge in [0.2, 0.25) is 5.78 Å². The molecule has 0 bridgehead atoms. The van der Waals surface area contributed by atoms with Crippen molar-refractivity contribution in [1.29, 1.82) is 0 Å². The molecule has 144 valence electrons. The smallest absolute Gasteiger partial charge is 0.338 e. The number of hydrogen-bond acceptors (Lipinski definition) is 4. The largest absolute Gasteiger partial charge is 0.478 e. The zero-order valence-corrected chi connectivity index (χ0v) is 15.8. The fourth-order valence-corrected chi connectivity index (χ4v) is 4.85. The average Bonchev–Trinajstić information content (AvgIpc) is 3.10. The summed E-state index contributed by atoms with van der Waals surface area (Å²) >= 11 is 0. The maximum Gasteiger partial charge on any atom is 0.338 e. The van der Waals surface area contributed by atoms with Crippen LogP contribution < -0.4 is 0 Å². The first-order chi connectivity index (χ1) is 13.9. The number of carbonyl (C=O) groups is 2. The number of hydrogen-bond donors (Lipinski definition) is 1. The lowest BCUT2D eigenvalue weighted by molar-refractivity contribution is 0.0695. The Morgan fingerprint density at radius 2 is 1.31 bits per heavy atom. The summed E-state index contributed by atoms with van der Waals surface area (Å²) in [5.41, 5.74) is -0.405. The van der Waals surface area contributed by atoms with Gasteiger partial charge in [-0.15, -0.1) is 0 Å². The van der Waals surface area contributed by atoms with E-state index < -0.39 is 27.5 Å². The third kappa shape index (κ3) is 3.01. The molecule has 0 aliphatic carbocycles. The minimum absolute atomic E-state index is 0.0418. The Bertz CT molecular complexity index is 1340. The van der Waals surface area contributed by atoms with Gasteiger partial charge in [-0.05, 0) is 18.2 Å². The quantitative estimate of drug-likeness (QED) is 0.510. The number of nitrogens with zero attached hydrogens (tertiary/aromatic N) is 1. The first-order valence-corrected chi connectivity index (χ1v) is 10.1. The molecule has 29 heavy (non-hydrogen) atoms. The van der Waals surface area contributed by atoms with Gasteiger partial charge in [-0.3, -0.25) is 4.79 Å². The first kappa shape index (κ1) is 18.6. The van der Waals surface area contributed by atoms with E-state index in [2.05, 4.69) is 0 Å². The molecule has 7 heteroatoms. The standard InChI is InChI=1S/C22H15NO5S/c24-21(15-9-3-1-4-10-15)20-19(22(25)26)17-13-7-8-14-18(17)23(20)29(27,28)16-11-5-2-6-12-16/h1-14H,(H,25,26). The lowest BCUT2D eigenvalue weighted by Crippen LogP contribution is -2.21. The Hall–Kier alpha value is -3.71. The van der Waals surface area contributed by atoms with Crippen LogP contribution in [0.15, 0.2) is 89.8 Å². The molecule has 0 amide bonds. The van der Waals surface area contributed by atoms with E-state index in [-0.39, 0.29) is 26.9 Å². The van der Waals surface area contributed by atoms with Crippen LogP contribution in [0.3, 0.4) is 0 Å². The molecule has 0 aliphatic rings. The van der Waals surface area contributed by atoms with Crippen LogP contribution in [0.1, 0.15) is 26.4 Å². The van der Waals surface area contributed by atoms with E-state index in [0.717, 1.165) is 3.97 Å². The molecule has 0 saturated heterocycles. The molecule has 0 radical (unpaired) electrons. The topological polar surface area (TPSA) is 93.4 Å². The van der Waals surface area contributed by atoms with E-state index >= 15 is 0 Å². The first-order valence-electron chi connectivity index (χ1n) is 8.70. The van der Waals surface area contributed by atoms with Gasteiger partial charge in [0.25, 0.3) is 10.0 Å². The number of benzene rings is 3. The van der Waals surface area contributed by atoms with Crippen LogP contribution in [0.5, 0.6) is 0 Å². The van der Waals surface area contributed by atoms with Crippen LogP contribution in [-0.2, 0) is 10.0 Å². The molecule has 1 N–H and O–H groups in total. The molecule has 0 aliphatic heterocycles. The zero-order chi connectivity index (χ0) is 20.6. The second kappa shape index (κ2) is 7.03. The molecule has 1 heterocycles. The molecule has 4 rings (SSSR count). The molecule has 3 aromatic carbocycles. The lowest BCUT2D eigenvalue weighted by atomic mass is 10.0. The predicted molar refractivity (Wildman–Crippen MR) is 108 cm³/mol. The molecule has 0 spiro atoms. The Kier molecular flexibility index (Phi) is 4.52. The number of aromatic carboxylic acids is 1. The van der Waals surface area contributed by atoms with E-state index in [0.29, 0.717) is 0 Å². The average molecular weight is 405 g/mol. The normalized spacial score (nSPS) is 11.4. The van der Waals surface area contributed by atoms with Crippen LogP contribution in [0.2, 0.25) is 0 Å². The molecule has 6 nitrogen and oxygen atoms in total. The predicted octanol–water partition coefficient (Wildman–Crippen LogP) is 3.81. The van der Waals surface area contributed by atoms with Crippen molar-refractivity contribution in [1.82, 2.24) is 3.97 Å². The summed E-state index contributed by atoms with van der Waals surface area (Å²) in [5.74, 6) is -2.05. The van der Waals surface area contributed by atoms with Crippen LogP contribution in [0.25, 0.3) is 10.9 Å². The van der Waals surface area contributed by atoms with Gasteiger partial charge in [-0.25, -0.2) is 17.2 Å². The van der Waals surface area contributed by atoms with Gasteiger partial charge >= 0.3 is 5.97 Å². The van der Waals surface area contributed by atoms with Crippen LogP contribution >= 0.6 is 0 Å². The SMILES string of the molecule is O=C(O)c1c(C(=O)c2ccccc2)n(S(=O)(=O)c2ccccc2)c2ccccc12. The monoisotopic (exact) mass is 405 g/mol. The van der Waals surface area contributed by atoms with Gasteiger partial charge in [0, 0.05) is 10.9 Å². The molecular weight excluding hydrogens is 390 g/mol. The molecule has 0 fully saturated rings. The maximum absolute atomic E-state index is 13.5. The summed E-state index contributed by atoms with van der Waals surface area (Å²) in [7, 11) is -4.23. The molecule has 0 atom stereocenters. The van der Waals surface area contributed by atoms with Crippen LogP contribution in [-0.4, -0.2) is 29.2 Å². The number of carboxylic acids is 1. The van der Waals surface area contributed by atoms with E-state index in [4.69, 9.17) is 0 Å². The third-order valence-corrected chi connectivity index (χ3v) is 6.31. The summed E-state index contributed by atoms with van der Waals surface area (Å²) in [4.78, 5) is 25.3. The van der Waals surface area contributed by atoms with Crippen molar-refractivity contribution in [2.75, 3.05) is 0 Å². The molecule has 0 saturated carbocycles. The van der Waals surface area contributed by atoms with Crippen molar-refractivity contribution < 1.29 is 23.1 Å². The Morgan fingerprint density at radius 3 is 1.93 bits per heavy atom. The van der Waals surface area contributed by atoms with Crippen molar-refractivity contribution >= 4 is 32.7 Å². The summed E-state index contributed by atoms with van der Waals surface area (Å²) in [6.07, 6.45) is 0. The van der Waals surface area contributed by atoms with Crippen molar-refractivity contribution in [3.8, 4) is 0 Å². The molecule has 4 aromatic rings. The highest BCUT2D eigenvalue weighted by Crippen LogP contribution is 2.32. The summed E-state index contributed by atoms with van der Waals surface area (Å²) in [6.45, 7) is 0. The third-order valence-electron chi connectivity index (χ3n) is 4.58. The highest BCUT2D eigenvalue weighted by atomic mass is 32.2. The van der Waals surface area contributed by atoms with E-state index in [9.17, 15) is 23.1 Å². The van der Waals surface area contributed by atoms with E-state index in [1.165, 1.54) is 36.4 Å². The number of fused-ring (bicyclic) bond motifs is 1. The Morgan fingerprint density at radius 1 is 0.759 bits per heavy atom. The summed E-state index contributed by atoms with van der Waals surface area (Å²) in [6, 6.07) is 21.8. The number of carbonyl (C=O) groups excluding carboxylic acids is 1. The van der Waals surface area contributed by atoms with E-state index in [1.807, 2.05) is 0 Å². The summed E-state index contributed by atoms with van der Waals surface area (Å²) < 4.78 is 27.8. The number of ketones is 1. The minimum Gasteiger partial charge on any atom is -0.478 e. The van der Waals surface area contributed by atoms with Crippen molar-refractivity contribution in [2.45, 2.75) is 4.90 Å².